The minimum absolute atomic E-state index is 0.196. The zero-order valence-electron chi connectivity index (χ0n) is 21.3. The highest BCUT2D eigenvalue weighted by Crippen LogP contribution is 2.29. The summed E-state index contributed by atoms with van der Waals surface area (Å²) in [4.78, 5) is 43.2. The number of aromatic nitrogens is 1. The van der Waals surface area contributed by atoms with E-state index in [1.54, 1.807) is 9.47 Å². The number of hydrogen-bond donors (Lipinski definition) is 0. The number of methoxy groups -OCH3 is 2. The Bertz CT molecular complexity index is 1160. The van der Waals surface area contributed by atoms with Gasteiger partial charge in [0.25, 0.3) is 11.5 Å². The summed E-state index contributed by atoms with van der Waals surface area (Å²) in [5.41, 5.74) is 1.91. The van der Waals surface area contributed by atoms with Gasteiger partial charge < -0.3 is 23.7 Å². The minimum atomic E-state index is -0.633. The average molecular weight is 498 g/mol. The van der Waals surface area contributed by atoms with Gasteiger partial charge in [0.2, 0.25) is 0 Å². The van der Waals surface area contributed by atoms with E-state index in [1.165, 1.54) is 20.3 Å². The van der Waals surface area contributed by atoms with Crippen molar-refractivity contribution < 1.29 is 23.8 Å². The molecule has 1 aromatic carbocycles. The van der Waals surface area contributed by atoms with Crippen molar-refractivity contribution in [2.75, 3.05) is 40.5 Å². The Morgan fingerprint density at radius 3 is 2.58 bits per heavy atom. The number of nitrogens with zero attached hydrogens (tertiary/aromatic N) is 3. The van der Waals surface area contributed by atoms with Crippen molar-refractivity contribution in [3.63, 3.8) is 0 Å². The van der Waals surface area contributed by atoms with E-state index >= 15 is 0 Å². The number of carbonyl (C=O) groups excluding carboxylic acids is 2. The van der Waals surface area contributed by atoms with Gasteiger partial charge in [-0.25, -0.2) is 4.79 Å². The van der Waals surface area contributed by atoms with Crippen LogP contribution in [-0.2, 0) is 29.0 Å². The molecule has 2 aliphatic heterocycles. The number of esters is 1. The summed E-state index contributed by atoms with van der Waals surface area (Å²) >= 11 is 0. The standard InChI is InChI=1S/C27H35N3O6/c1-4-36-22-11-6-5-9-19(22)18-28-14-12-20-25(23(34-2)17-24(31)29(20)16-15-28)26(32)30-13-8-7-10-21(30)27(33)35-3/h5-6,9,11,17,21H,4,7-8,10,12-16,18H2,1-3H3/t21-/m0/s1. The summed E-state index contributed by atoms with van der Waals surface area (Å²) < 4.78 is 18.0. The highest BCUT2D eigenvalue weighted by atomic mass is 16.5. The minimum Gasteiger partial charge on any atom is -0.496 e. The lowest BCUT2D eigenvalue weighted by Gasteiger charge is -2.34. The highest BCUT2D eigenvalue weighted by Gasteiger charge is 2.36. The van der Waals surface area contributed by atoms with Gasteiger partial charge >= 0.3 is 5.97 Å². The van der Waals surface area contributed by atoms with Crippen LogP contribution in [0.2, 0.25) is 0 Å². The first-order chi connectivity index (χ1) is 17.5. The lowest BCUT2D eigenvalue weighted by molar-refractivity contribution is -0.147. The number of carbonyl (C=O) groups is 2. The molecule has 9 heteroatoms. The zero-order chi connectivity index (χ0) is 25.7. The molecule has 1 aromatic heterocycles. The van der Waals surface area contributed by atoms with Crippen LogP contribution in [0.4, 0.5) is 0 Å². The van der Waals surface area contributed by atoms with E-state index in [0.29, 0.717) is 63.4 Å². The maximum atomic E-state index is 13.9. The smallest absolute Gasteiger partial charge is 0.328 e. The molecule has 1 amide bonds. The number of fused-ring (bicyclic) bond motifs is 1. The molecule has 36 heavy (non-hydrogen) atoms. The summed E-state index contributed by atoms with van der Waals surface area (Å²) in [6.07, 6.45) is 2.72. The van der Waals surface area contributed by atoms with E-state index in [-0.39, 0.29) is 17.2 Å². The van der Waals surface area contributed by atoms with Crippen LogP contribution in [0.15, 0.2) is 35.1 Å². The Labute approximate surface area is 211 Å². The van der Waals surface area contributed by atoms with Gasteiger partial charge in [-0.05, 0) is 32.3 Å². The van der Waals surface area contributed by atoms with Gasteiger partial charge in [0.15, 0.2) is 0 Å². The summed E-state index contributed by atoms with van der Waals surface area (Å²) in [5, 5.41) is 0. The Kier molecular flexibility index (Phi) is 8.30. The molecule has 0 unspecified atom stereocenters. The van der Waals surface area contributed by atoms with Crippen LogP contribution in [0.3, 0.4) is 0 Å². The predicted octanol–water partition coefficient (Wildman–Crippen LogP) is 2.48. The average Bonchev–Trinajstić information content (AvgIpc) is 3.12. The van der Waals surface area contributed by atoms with Crippen molar-refractivity contribution in [3.05, 3.63) is 57.5 Å². The molecule has 0 aliphatic carbocycles. The Hall–Kier alpha value is -3.33. The maximum absolute atomic E-state index is 13.9. The van der Waals surface area contributed by atoms with E-state index in [4.69, 9.17) is 14.2 Å². The van der Waals surface area contributed by atoms with Crippen molar-refractivity contribution in [2.45, 2.75) is 51.7 Å². The molecular formula is C27H35N3O6. The molecule has 2 aromatic rings. The van der Waals surface area contributed by atoms with Crippen molar-refractivity contribution in [1.29, 1.82) is 0 Å². The molecule has 1 fully saturated rings. The largest absolute Gasteiger partial charge is 0.496 e. The highest BCUT2D eigenvalue weighted by molar-refractivity contribution is 6.00. The molecular weight excluding hydrogens is 462 g/mol. The van der Waals surface area contributed by atoms with Gasteiger partial charge in [-0.15, -0.1) is 0 Å². The fraction of sp³-hybridized carbons (Fsp3) is 0.519. The number of rotatable bonds is 7. The molecule has 2 aliphatic rings. The Morgan fingerprint density at radius 1 is 1.03 bits per heavy atom. The fourth-order valence-electron chi connectivity index (χ4n) is 5.21. The molecule has 4 rings (SSSR count). The molecule has 0 N–H and O–H groups in total. The number of likely N-dealkylation sites (tertiary alicyclic amines) is 1. The van der Waals surface area contributed by atoms with Crippen LogP contribution in [0.5, 0.6) is 11.5 Å². The van der Waals surface area contributed by atoms with Crippen molar-refractivity contribution in [3.8, 4) is 11.5 Å². The number of ether oxygens (including phenoxy) is 3. The van der Waals surface area contributed by atoms with Crippen molar-refractivity contribution in [2.24, 2.45) is 0 Å². The van der Waals surface area contributed by atoms with Gasteiger partial charge in [-0.2, -0.15) is 0 Å². The summed E-state index contributed by atoms with van der Waals surface area (Å²) in [5.74, 6) is 0.400. The molecule has 9 nitrogen and oxygen atoms in total. The number of para-hydroxylation sites is 1. The number of pyridine rings is 1. The molecule has 1 saturated heterocycles. The quantitative estimate of drug-likeness (QED) is 0.543. The molecule has 3 heterocycles. The topological polar surface area (TPSA) is 90.3 Å². The van der Waals surface area contributed by atoms with Crippen LogP contribution in [0, 0.1) is 0 Å². The third kappa shape index (κ3) is 5.26. The molecule has 0 spiro atoms. The van der Waals surface area contributed by atoms with Gasteiger partial charge in [0.05, 0.1) is 20.8 Å². The van der Waals surface area contributed by atoms with Crippen LogP contribution < -0.4 is 15.0 Å². The Balaban J connectivity index is 1.65. The van der Waals surface area contributed by atoms with Gasteiger partial charge in [-0.3, -0.25) is 14.5 Å². The van der Waals surface area contributed by atoms with Crippen LogP contribution >= 0.6 is 0 Å². The molecule has 0 saturated carbocycles. The lowest BCUT2D eigenvalue weighted by Crippen LogP contribution is -2.49. The van der Waals surface area contributed by atoms with E-state index in [2.05, 4.69) is 11.0 Å². The zero-order valence-corrected chi connectivity index (χ0v) is 21.3. The summed E-state index contributed by atoms with van der Waals surface area (Å²) in [6, 6.07) is 8.72. The molecule has 0 radical (unpaired) electrons. The van der Waals surface area contributed by atoms with Gasteiger partial charge in [-0.1, -0.05) is 18.2 Å². The third-order valence-electron chi connectivity index (χ3n) is 7.02. The van der Waals surface area contributed by atoms with E-state index in [1.807, 2.05) is 25.1 Å². The van der Waals surface area contributed by atoms with Gasteiger partial charge in [0, 0.05) is 56.5 Å². The van der Waals surface area contributed by atoms with Crippen molar-refractivity contribution in [1.82, 2.24) is 14.4 Å². The molecule has 194 valence electrons. The van der Waals surface area contributed by atoms with Crippen LogP contribution in [-0.4, -0.2) is 72.7 Å². The van der Waals surface area contributed by atoms with E-state index in [0.717, 1.165) is 24.2 Å². The maximum Gasteiger partial charge on any atom is 0.328 e. The van der Waals surface area contributed by atoms with E-state index in [9.17, 15) is 14.4 Å². The van der Waals surface area contributed by atoms with Gasteiger partial charge in [0.1, 0.15) is 23.1 Å². The first kappa shape index (κ1) is 25.8. The number of hydrogen-bond acceptors (Lipinski definition) is 7. The van der Waals surface area contributed by atoms with Crippen LogP contribution in [0.1, 0.15) is 47.8 Å². The first-order valence-corrected chi connectivity index (χ1v) is 12.6. The number of piperidine rings is 1. The normalized spacial score (nSPS) is 18.2. The number of benzene rings is 1. The predicted molar refractivity (Wildman–Crippen MR) is 135 cm³/mol. The lowest BCUT2D eigenvalue weighted by atomic mass is 9.99. The second-order valence-corrected chi connectivity index (χ2v) is 9.12. The summed E-state index contributed by atoms with van der Waals surface area (Å²) in [6.45, 7) is 5.46. The third-order valence-corrected chi connectivity index (χ3v) is 7.02. The molecule has 0 bridgehead atoms. The van der Waals surface area contributed by atoms with Crippen molar-refractivity contribution >= 4 is 11.9 Å². The fourth-order valence-corrected chi connectivity index (χ4v) is 5.21. The Morgan fingerprint density at radius 2 is 1.83 bits per heavy atom. The summed E-state index contributed by atoms with van der Waals surface area (Å²) in [7, 11) is 2.80. The van der Waals surface area contributed by atoms with Crippen LogP contribution in [0.25, 0.3) is 0 Å². The monoisotopic (exact) mass is 497 g/mol. The molecule has 1 atom stereocenters. The number of amides is 1. The van der Waals surface area contributed by atoms with E-state index < -0.39 is 12.0 Å². The second kappa shape index (κ2) is 11.6. The SMILES string of the molecule is CCOc1ccccc1CN1CCc2c(C(=O)N3CCCC[C@H]3C(=O)OC)c(OC)cc(=O)n2CC1. The first-order valence-electron chi connectivity index (χ1n) is 12.6. The second-order valence-electron chi connectivity index (χ2n) is 9.12.